The Kier molecular flexibility index (Phi) is 6.04. The van der Waals surface area contributed by atoms with Crippen LogP contribution >= 0.6 is 11.3 Å². The van der Waals surface area contributed by atoms with E-state index in [1.165, 1.54) is 29.3 Å². The predicted molar refractivity (Wildman–Crippen MR) is 102 cm³/mol. The second-order valence-electron chi connectivity index (χ2n) is 6.48. The van der Waals surface area contributed by atoms with Crippen molar-refractivity contribution < 1.29 is 14.3 Å². The molecular weight excluding hydrogens is 370 g/mol. The molecule has 0 radical (unpaired) electrons. The highest BCUT2D eigenvalue weighted by atomic mass is 32.1. The molecular formula is C17H23N5O4S. The van der Waals surface area contributed by atoms with Gasteiger partial charge in [-0.2, -0.15) is 4.98 Å². The minimum absolute atomic E-state index is 0.0706. The molecule has 2 aromatic heterocycles. The van der Waals surface area contributed by atoms with Gasteiger partial charge >= 0.3 is 5.97 Å². The van der Waals surface area contributed by atoms with Gasteiger partial charge in [0.25, 0.3) is 5.56 Å². The van der Waals surface area contributed by atoms with Crippen molar-refractivity contribution >= 4 is 38.7 Å². The van der Waals surface area contributed by atoms with Crippen LogP contribution in [0, 0.1) is 5.92 Å². The maximum absolute atomic E-state index is 12.6. The average molecular weight is 393 g/mol. The Bertz CT molecular complexity index is 893. The molecule has 2 aromatic rings. The van der Waals surface area contributed by atoms with E-state index >= 15 is 0 Å². The van der Waals surface area contributed by atoms with E-state index < -0.39 is 5.97 Å². The van der Waals surface area contributed by atoms with Crippen LogP contribution in [0.3, 0.4) is 0 Å². The summed E-state index contributed by atoms with van der Waals surface area (Å²) in [5.41, 5.74) is 0.0436. The van der Waals surface area contributed by atoms with Crippen LogP contribution in [0.5, 0.6) is 0 Å². The SMILES string of the molecule is CCCNC(=O)C1CCCN(c2nc3ncn(CC(=O)OC)c(=O)c3s2)C1. The summed E-state index contributed by atoms with van der Waals surface area (Å²) >= 11 is 1.25. The molecule has 146 valence electrons. The summed E-state index contributed by atoms with van der Waals surface area (Å²) in [4.78, 5) is 47.0. The highest BCUT2D eigenvalue weighted by molar-refractivity contribution is 7.22. The zero-order chi connectivity index (χ0) is 19.4. The molecule has 0 aliphatic carbocycles. The standard InChI is InChI=1S/C17H23N5O4S/c1-3-6-18-15(24)11-5-4-7-21(8-11)17-20-14-13(27-17)16(25)22(10-19-14)9-12(23)26-2/h10-11H,3-9H2,1-2H3,(H,18,24). The normalized spacial score (nSPS) is 17.1. The van der Waals surface area contributed by atoms with Crippen molar-refractivity contribution in [3.63, 3.8) is 0 Å². The van der Waals surface area contributed by atoms with Crippen LogP contribution in [0.15, 0.2) is 11.1 Å². The van der Waals surface area contributed by atoms with E-state index in [2.05, 4.69) is 20.0 Å². The van der Waals surface area contributed by atoms with Crippen LogP contribution in [0.4, 0.5) is 5.13 Å². The first-order chi connectivity index (χ1) is 13.0. The number of fused-ring (bicyclic) bond motifs is 1. The lowest BCUT2D eigenvalue weighted by Crippen LogP contribution is -2.43. The van der Waals surface area contributed by atoms with Gasteiger partial charge in [-0.1, -0.05) is 18.3 Å². The number of esters is 1. The van der Waals surface area contributed by atoms with Crippen LogP contribution in [0.2, 0.25) is 0 Å². The van der Waals surface area contributed by atoms with Gasteiger partial charge in [0.1, 0.15) is 17.6 Å². The van der Waals surface area contributed by atoms with E-state index in [-0.39, 0.29) is 23.9 Å². The van der Waals surface area contributed by atoms with Crippen molar-refractivity contribution in [2.24, 2.45) is 5.92 Å². The molecule has 0 bridgehead atoms. The van der Waals surface area contributed by atoms with Crippen molar-refractivity contribution in [1.29, 1.82) is 0 Å². The molecule has 1 atom stereocenters. The summed E-state index contributed by atoms with van der Waals surface area (Å²) in [7, 11) is 1.27. The third-order valence-corrected chi connectivity index (χ3v) is 5.60. The van der Waals surface area contributed by atoms with Gasteiger partial charge in [0, 0.05) is 19.6 Å². The summed E-state index contributed by atoms with van der Waals surface area (Å²) in [6.45, 7) is 3.88. The molecule has 1 aliphatic heterocycles. The van der Waals surface area contributed by atoms with Crippen molar-refractivity contribution in [3.8, 4) is 0 Å². The third-order valence-electron chi connectivity index (χ3n) is 4.51. The van der Waals surface area contributed by atoms with E-state index in [4.69, 9.17) is 0 Å². The number of carbonyl (C=O) groups is 2. The van der Waals surface area contributed by atoms with E-state index in [9.17, 15) is 14.4 Å². The second-order valence-corrected chi connectivity index (χ2v) is 7.46. The first-order valence-electron chi connectivity index (χ1n) is 8.99. The second kappa shape index (κ2) is 8.47. The first-order valence-corrected chi connectivity index (χ1v) is 9.80. The lowest BCUT2D eigenvalue weighted by molar-refractivity contribution is -0.141. The fraction of sp³-hybridized carbons (Fsp3) is 0.588. The van der Waals surface area contributed by atoms with E-state index in [1.54, 1.807) is 0 Å². The van der Waals surface area contributed by atoms with Gasteiger partial charge in [-0.25, -0.2) is 4.98 Å². The summed E-state index contributed by atoms with van der Waals surface area (Å²) in [6, 6.07) is 0. The zero-order valence-corrected chi connectivity index (χ0v) is 16.3. The van der Waals surface area contributed by atoms with Crippen LogP contribution in [0.25, 0.3) is 10.3 Å². The molecule has 1 N–H and O–H groups in total. The molecule has 3 heterocycles. The van der Waals surface area contributed by atoms with Crippen LogP contribution in [0.1, 0.15) is 26.2 Å². The van der Waals surface area contributed by atoms with E-state index in [0.29, 0.717) is 28.6 Å². The fourth-order valence-corrected chi connectivity index (χ4v) is 4.05. The molecule has 0 saturated carbocycles. The number of hydrogen-bond donors (Lipinski definition) is 1. The summed E-state index contributed by atoms with van der Waals surface area (Å²) in [5, 5.41) is 3.63. The zero-order valence-electron chi connectivity index (χ0n) is 15.4. The number of nitrogens with zero attached hydrogens (tertiary/aromatic N) is 4. The Morgan fingerprint density at radius 1 is 1.44 bits per heavy atom. The maximum Gasteiger partial charge on any atom is 0.325 e. The number of hydrogen-bond acceptors (Lipinski definition) is 8. The Morgan fingerprint density at radius 2 is 2.26 bits per heavy atom. The molecule has 1 unspecified atom stereocenters. The molecule has 27 heavy (non-hydrogen) atoms. The molecule has 1 amide bonds. The number of thiazole rings is 1. The van der Waals surface area contributed by atoms with Gasteiger partial charge in [-0.15, -0.1) is 0 Å². The van der Waals surface area contributed by atoms with Crippen molar-refractivity contribution in [2.75, 3.05) is 31.6 Å². The lowest BCUT2D eigenvalue weighted by Gasteiger charge is -2.31. The molecule has 1 saturated heterocycles. The minimum atomic E-state index is -0.514. The minimum Gasteiger partial charge on any atom is -0.468 e. The molecule has 1 fully saturated rings. The highest BCUT2D eigenvalue weighted by Crippen LogP contribution is 2.29. The van der Waals surface area contributed by atoms with Crippen molar-refractivity contribution in [3.05, 3.63) is 16.7 Å². The van der Waals surface area contributed by atoms with Gasteiger partial charge in [0.2, 0.25) is 5.91 Å². The number of aromatic nitrogens is 3. The smallest absolute Gasteiger partial charge is 0.325 e. The number of rotatable bonds is 6. The largest absolute Gasteiger partial charge is 0.468 e. The molecule has 0 aromatic carbocycles. The Morgan fingerprint density at radius 3 is 3.00 bits per heavy atom. The number of methoxy groups -OCH3 is 1. The van der Waals surface area contributed by atoms with Crippen LogP contribution < -0.4 is 15.8 Å². The van der Waals surface area contributed by atoms with E-state index in [1.807, 2.05) is 11.8 Å². The summed E-state index contributed by atoms with van der Waals surface area (Å²) < 4.78 is 6.21. The lowest BCUT2D eigenvalue weighted by atomic mass is 9.97. The molecule has 9 nitrogen and oxygen atoms in total. The van der Waals surface area contributed by atoms with Gasteiger partial charge in [-0.05, 0) is 19.3 Å². The quantitative estimate of drug-likeness (QED) is 0.723. The van der Waals surface area contributed by atoms with Crippen molar-refractivity contribution in [1.82, 2.24) is 19.9 Å². The van der Waals surface area contributed by atoms with Crippen molar-refractivity contribution in [2.45, 2.75) is 32.7 Å². The third kappa shape index (κ3) is 4.26. The topological polar surface area (TPSA) is 106 Å². The number of anilines is 1. The summed E-state index contributed by atoms with van der Waals surface area (Å²) in [6.07, 6.45) is 3.95. The molecule has 0 spiro atoms. The Labute approximate surface area is 160 Å². The van der Waals surface area contributed by atoms with Gasteiger partial charge < -0.3 is 15.0 Å². The highest BCUT2D eigenvalue weighted by Gasteiger charge is 2.27. The number of amides is 1. The summed E-state index contributed by atoms with van der Waals surface area (Å²) in [5.74, 6) is -0.526. The van der Waals surface area contributed by atoms with Gasteiger partial charge in [0.05, 0.1) is 13.0 Å². The van der Waals surface area contributed by atoms with Gasteiger partial charge in [0.15, 0.2) is 10.8 Å². The number of carbonyl (C=O) groups excluding carboxylic acids is 2. The maximum atomic E-state index is 12.6. The first kappa shape index (κ1) is 19.3. The van der Waals surface area contributed by atoms with E-state index in [0.717, 1.165) is 25.8 Å². The average Bonchev–Trinajstić information content (AvgIpc) is 3.13. The van der Waals surface area contributed by atoms with Crippen LogP contribution in [-0.2, 0) is 20.9 Å². The predicted octanol–water partition coefficient (Wildman–Crippen LogP) is 0.769. The Balaban J connectivity index is 1.80. The molecule has 1 aliphatic rings. The fourth-order valence-electron chi connectivity index (χ4n) is 3.04. The molecule has 3 rings (SSSR count). The monoisotopic (exact) mass is 393 g/mol. The number of nitrogens with one attached hydrogen (secondary N) is 1. The van der Waals surface area contributed by atoms with Gasteiger partial charge in [-0.3, -0.25) is 19.0 Å². The Hall–Kier alpha value is -2.49. The van der Waals surface area contributed by atoms with Crippen LogP contribution in [-0.4, -0.2) is 53.2 Å². The molecule has 10 heteroatoms. The number of piperidine rings is 1. The number of ether oxygens (including phenoxy) is 1.